The van der Waals surface area contributed by atoms with E-state index >= 15 is 0 Å². The summed E-state index contributed by atoms with van der Waals surface area (Å²) in [7, 11) is 0. The Labute approximate surface area is 227 Å². The van der Waals surface area contributed by atoms with Gasteiger partial charge in [-0.15, -0.1) is 0 Å². The molecule has 0 unspecified atom stereocenters. The molecule has 3 aromatic rings. The zero-order valence-corrected chi connectivity index (χ0v) is 23.4. The smallest absolute Gasteiger partial charge is 0.229 e. The van der Waals surface area contributed by atoms with E-state index in [1.54, 1.807) is 0 Å². The summed E-state index contributed by atoms with van der Waals surface area (Å²) in [5.41, 5.74) is 18.0. The number of aryl methyl sites for hydroxylation is 3. The van der Waals surface area contributed by atoms with E-state index in [1.807, 2.05) is 37.3 Å². The van der Waals surface area contributed by atoms with Gasteiger partial charge in [-0.3, -0.25) is 4.79 Å². The molecule has 0 heterocycles. The molecule has 0 saturated carbocycles. The largest absolute Gasteiger partial charge is 0.396 e. The molecular formula is C34H43N3O. The van der Waals surface area contributed by atoms with Gasteiger partial charge in [0, 0.05) is 10.4 Å². The minimum atomic E-state index is -0.309. The first-order valence-corrected chi connectivity index (χ1v) is 14.4. The maximum absolute atomic E-state index is 13.2. The summed E-state index contributed by atoms with van der Waals surface area (Å²) in [6.07, 6.45) is 14.5. The molecule has 0 radical (unpaired) electrons. The van der Waals surface area contributed by atoms with Gasteiger partial charge >= 0.3 is 0 Å². The number of benzene rings is 3. The number of hydrogen-bond donors (Lipinski definition) is 2. The summed E-state index contributed by atoms with van der Waals surface area (Å²) in [6, 6.07) is 16.3. The molecule has 4 heteroatoms. The molecule has 4 N–H and O–H groups in total. The van der Waals surface area contributed by atoms with Gasteiger partial charge in [-0.1, -0.05) is 95.0 Å². The number of rotatable bonds is 12. The van der Waals surface area contributed by atoms with Crippen molar-refractivity contribution in [3.8, 4) is 0 Å². The molecule has 4 rings (SSSR count). The summed E-state index contributed by atoms with van der Waals surface area (Å²) < 4.78 is 0. The van der Waals surface area contributed by atoms with Gasteiger partial charge in [-0.2, -0.15) is 0 Å². The zero-order valence-electron chi connectivity index (χ0n) is 23.4. The highest BCUT2D eigenvalue weighted by Crippen LogP contribution is 2.21. The predicted octanol–water partition coefficient (Wildman–Crippen LogP) is 6.41. The standard InChI is InChI=1S/C34H43N3O/c1-4-5-6-7-8-9-10-11-12-13-16-25-18-20-27(21-19-25)37-33-32(36)30-24(3)29-23(2)15-14-17-26(29)22-28(30)31(35)34(33)38/h14-15,17-22H,4-13,16,35-36H2,1-3H3. The van der Waals surface area contributed by atoms with Gasteiger partial charge in [-0.05, 0) is 72.4 Å². The van der Waals surface area contributed by atoms with E-state index in [-0.39, 0.29) is 17.2 Å². The van der Waals surface area contributed by atoms with Crippen LogP contribution in [0.3, 0.4) is 0 Å². The molecule has 3 aromatic carbocycles. The van der Waals surface area contributed by atoms with Crippen molar-refractivity contribution >= 4 is 39.3 Å². The molecule has 0 fully saturated rings. The van der Waals surface area contributed by atoms with Gasteiger partial charge in [0.25, 0.3) is 0 Å². The number of nitrogens with two attached hydrogens (primary N) is 2. The number of ketones is 1. The zero-order chi connectivity index (χ0) is 27.1. The van der Waals surface area contributed by atoms with Crippen molar-refractivity contribution in [3.05, 3.63) is 75.7 Å². The second-order valence-corrected chi connectivity index (χ2v) is 10.8. The van der Waals surface area contributed by atoms with E-state index in [9.17, 15) is 4.79 Å². The number of hydrogen-bond acceptors (Lipinski definition) is 4. The number of aliphatic imine (C=N–C) groups is 1. The number of carbonyl (C=O) groups excluding carboxylic acids is 1. The van der Waals surface area contributed by atoms with Crippen LogP contribution in [0, 0.1) is 13.8 Å². The highest BCUT2D eigenvalue weighted by atomic mass is 16.1. The van der Waals surface area contributed by atoms with Crippen molar-refractivity contribution < 1.29 is 4.79 Å². The lowest BCUT2D eigenvalue weighted by molar-refractivity contribution is -0.108. The Hall–Kier alpha value is -3.40. The highest BCUT2D eigenvalue weighted by Gasteiger charge is 2.25. The Morgan fingerprint density at radius 1 is 0.763 bits per heavy atom. The number of fused-ring (bicyclic) bond motifs is 2. The lowest BCUT2D eigenvalue weighted by Gasteiger charge is -2.17. The summed E-state index contributed by atoms with van der Waals surface area (Å²) >= 11 is 0. The third-order valence-electron chi connectivity index (χ3n) is 7.89. The first kappa shape index (κ1) is 27.6. The predicted molar refractivity (Wildman–Crippen MR) is 162 cm³/mol. The van der Waals surface area contributed by atoms with Crippen LogP contribution in [0.1, 0.15) is 87.8 Å². The average molecular weight is 510 g/mol. The molecule has 0 bridgehead atoms. The SMILES string of the molecule is CCCCCCCCCCCCc1ccc(N=C2C(=O)C(N)=c3cc4cccc(C)c4c(C)c3=C2N)cc1. The second kappa shape index (κ2) is 12.9. The first-order chi connectivity index (χ1) is 18.4. The molecule has 0 amide bonds. The quantitative estimate of drug-likeness (QED) is 0.277. The molecule has 1 aliphatic carbocycles. The fourth-order valence-corrected chi connectivity index (χ4v) is 5.72. The molecular weight excluding hydrogens is 466 g/mol. The Kier molecular flexibility index (Phi) is 9.38. The number of carbonyl (C=O) groups is 1. The van der Waals surface area contributed by atoms with Crippen molar-refractivity contribution in [2.24, 2.45) is 16.5 Å². The summed E-state index contributed by atoms with van der Waals surface area (Å²) in [6.45, 7) is 6.40. The molecule has 4 nitrogen and oxygen atoms in total. The number of nitrogens with zero attached hydrogens (tertiary/aromatic N) is 1. The van der Waals surface area contributed by atoms with Crippen LogP contribution in [0.2, 0.25) is 0 Å². The van der Waals surface area contributed by atoms with Crippen LogP contribution in [-0.4, -0.2) is 11.5 Å². The van der Waals surface area contributed by atoms with Crippen LogP contribution >= 0.6 is 0 Å². The van der Waals surface area contributed by atoms with Crippen LogP contribution in [0.15, 0.2) is 53.5 Å². The number of Topliss-reactive ketones (excluding diaryl/α,β-unsaturated/α-hetero) is 1. The van der Waals surface area contributed by atoms with E-state index in [1.165, 1.54) is 75.3 Å². The van der Waals surface area contributed by atoms with E-state index in [0.717, 1.165) is 28.0 Å². The van der Waals surface area contributed by atoms with Gasteiger partial charge < -0.3 is 11.5 Å². The number of unbranched alkanes of at least 4 members (excludes halogenated alkanes) is 9. The Morgan fingerprint density at radius 3 is 2.05 bits per heavy atom. The molecule has 38 heavy (non-hydrogen) atoms. The van der Waals surface area contributed by atoms with Crippen LogP contribution < -0.4 is 21.9 Å². The summed E-state index contributed by atoms with van der Waals surface area (Å²) in [5, 5.41) is 3.73. The lowest BCUT2D eigenvalue weighted by Crippen LogP contribution is -2.47. The monoisotopic (exact) mass is 509 g/mol. The van der Waals surface area contributed by atoms with Gasteiger partial charge in [0.2, 0.25) is 5.78 Å². The summed E-state index contributed by atoms with van der Waals surface area (Å²) in [4.78, 5) is 17.9. The van der Waals surface area contributed by atoms with E-state index in [2.05, 4.69) is 37.0 Å². The van der Waals surface area contributed by atoms with E-state index in [0.29, 0.717) is 16.6 Å². The van der Waals surface area contributed by atoms with Gasteiger partial charge in [0.15, 0.2) is 0 Å². The van der Waals surface area contributed by atoms with Crippen molar-refractivity contribution in [1.29, 1.82) is 0 Å². The maximum Gasteiger partial charge on any atom is 0.229 e. The van der Waals surface area contributed by atoms with Crippen molar-refractivity contribution in [2.45, 2.75) is 91.4 Å². The van der Waals surface area contributed by atoms with Crippen LogP contribution in [-0.2, 0) is 11.2 Å². The molecule has 0 aliphatic heterocycles. The van der Waals surface area contributed by atoms with E-state index < -0.39 is 0 Å². The Balaban J connectivity index is 1.43. The van der Waals surface area contributed by atoms with Crippen LogP contribution in [0.25, 0.3) is 22.2 Å². The van der Waals surface area contributed by atoms with E-state index in [4.69, 9.17) is 11.5 Å². The molecule has 0 saturated heterocycles. The van der Waals surface area contributed by atoms with Crippen LogP contribution in [0.5, 0.6) is 0 Å². The normalized spacial score (nSPS) is 14.5. The molecule has 1 aliphatic rings. The minimum Gasteiger partial charge on any atom is -0.396 e. The second-order valence-electron chi connectivity index (χ2n) is 10.8. The molecule has 200 valence electrons. The molecule has 0 spiro atoms. The van der Waals surface area contributed by atoms with Gasteiger partial charge in [0.1, 0.15) is 5.71 Å². The van der Waals surface area contributed by atoms with Gasteiger partial charge in [-0.25, -0.2) is 4.99 Å². The fraction of sp³-hybridized carbons (Fsp3) is 0.412. The Bertz CT molecular complexity index is 1450. The first-order valence-electron chi connectivity index (χ1n) is 14.4. The average Bonchev–Trinajstić information content (AvgIpc) is 2.91. The van der Waals surface area contributed by atoms with Crippen molar-refractivity contribution in [3.63, 3.8) is 0 Å². The maximum atomic E-state index is 13.2. The highest BCUT2D eigenvalue weighted by molar-refractivity contribution is 6.64. The lowest BCUT2D eigenvalue weighted by atomic mass is 9.91. The van der Waals surface area contributed by atoms with Crippen molar-refractivity contribution in [2.75, 3.05) is 0 Å². The molecule has 0 aromatic heterocycles. The minimum absolute atomic E-state index is 0.206. The third-order valence-corrected chi connectivity index (χ3v) is 7.89. The Morgan fingerprint density at radius 2 is 1.39 bits per heavy atom. The van der Waals surface area contributed by atoms with Crippen molar-refractivity contribution in [1.82, 2.24) is 0 Å². The fourth-order valence-electron chi connectivity index (χ4n) is 5.72. The van der Waals surface area contributed by atoms with Gasteiger partial charge in [0.05, 0.1) is 17.1 Å². The summed E-state index contributed by atoms with van der Waals surface area (Å²) in [5.74, 6) is -0.309. The molecule has 0 atom stereocenters. The topological polar surface area (TPSA) is 81.5 Å². The van der Waals surface area contributed by atoms with Crippen LogP contribution in [0.4, 0.5) is 5.69 Å². The third kappa shape index (κ3) is 6.18.